The Morgan fingerprint density at radius 2 is 1.96 bits per heavy atom. The van der Waals surface area contributed by atoms with E-state index in [0.29, 0.717) is 30.9 Å². The molecule has 0 aromatic heterocycles. The topological polar surface area (TPSA) is 79.9 Å². The number of likely N-dealkylation sites (tertiary alicyclic amines) is 1. The summed E-state index contributed by atoms with van der Waals surface area (Å²) >= 11 is 0. The molecule has 25 heavy (non-hydrogen) atoms. The van der Waals surface area contributed by atoms with Crippen molar-refractivity contribution in [3.63, 3.8) is 0 Å². The summed E-state index contributed by atoms with van der Waals surface area (Å²) in [4.78, 5) is 25.7. The van der Waals surface area contributed by atoms with Crippen LogP contribution < -0.4 is 15.4 Å². The van der Waals surface area contributed by atoms with E-state index in [4.69, 9.17) is 9.47 Å². The van der Waals surface area contributed by atoms with Crippen molar-refractivity contribution in [3.05, 3.63) is 23.8 Å². The summed E-state index contributed by atoms with van der Waals surface area (Å²) in [6.07, 6.45) is -0.434. The van der Waals surface area contributed by atoms with Gasteiger partial charge in [-0.2, -0.15) is 0 Å². The zero-order chi connectivity index (χ0) is 18.6. The Morgan fingerprint density at radius 3 is 2.52 bits per heavy atom. The molecule has 1 fully saturated rings. The second-order valence-corrected chi connectivity index (χ2v) is 6.94. The molecule has 0 saturated carbocycles. The van der Waals surface area contributed by atoms with Crippen molar-refractivity contribution in [2.75, 3.05) is 32.0 Å². The molecule has 1 aromatic carbocycles. The molecule has 7 heteroatoms. The largest absolute Gasteiger partial charge is 0.487 e. The van der Waals surface area contributed by atoms with Gasteiger partial charge < -0.3 is 25.0 Å². The molecule has 1 aromatic rings. The molecule has 1 saturated heterocycles. The van der Waals surface area contributed by atoms with Gasteiger partial charge in [-0.15, -0.1) is 0 Å². The number of anilines is 1. The van der Waals surface area contributed by atoms with Gasteiger partial charge in [0.25, 0.3) is 5.91 Å². The summed E-state index contributed by atoms with van der Waals surface area (Å²) < 4.78 is 11.2. The van der Waals surface area contributed by atoms with Gasteiger partial charge in [0.05, 0.1) is 18.7 Å². The van der Waals surface area contributed by atoms with Gasteiger partial charge in [0.2, 0.25) is 0 Å². The van der Waals surface area contributed by atoms with E-state index in [1.54, 1.807) is 18.0 Å². The maximum atomic E-state index is 12.1. The lowest BCUT2D eigenvalue weighted by Crippen LogP contribution is -2.57. The maximum absolute atomic E-state index is 12.1. The number of nitrogens with one attached hydrogen (secondary N) is 2. The number of amides is 2. The van der Waals surface area contributed by atoms with Gasteiger partial charge in [-0.25, -0.2) is 4.79 Å². The standard InChI is InChI=1S/C18H27N3O4/c1-6-20-16(22)14-9-12(7-8-15(14)19-5)24-13-10-21(11-13)17(23)25-18(2,3)4/h7-9,13,19H,6,10-11H2,1-5H3,(H,20,22). The predicted octanol–water partition coefficient (Wildman–Crippen LogP) is 2.48. The van der Waals surface area contributed by atoms with E-state index in [0.717, 1.165) is 5.69 Å². The van der Waals surface area contributed by atoms with Gasteiger partial charge in [-0.1, -0.05) is 0 Å². The Balaban J connectivity index is 1.95. The summed E-state index contributed by atoms with van der Waals surface area (Å²) in [5.74, 6) is 0.454. The van der Waals surface area contributed by atoms with Crippen LogP contribution in [-0.2, 0) is 4.74 Å². The molecule has 0 spiro atoms. The SMILES string of the molecule is CCNC(=O)c1cc(OC2CN(C(=O)OC(C)(C)C)C2)ccc1NC. The van der Waals surface area contributed by atoms with E-state index < -0.39 is 5.60 Å². The van der Waals surface area contributed by atoms with Crippen molar-refractivity contribution in [1.29, 1.82) is 0 Å². The molecule has 0 aliphatic carbocycles. The lowest BCUT2D eigenvalue weighted by molar-refractivity contribution is -0.0221. The zero-order valence-corrected chi connectivity index (χ0v) is 15.5. The first-order chi connectivity index (χ1) is 11.7. The number of rotatable bonds is 5. The Hall–Kier alpha value is -2.44. The molecule has 0 unspecified atom stereocenters. The molecule has 0 radical (unpaired) electrons. The van der Waals surface area contributed by atoms with Gasteiger partial charge in [0, 0.05) is 19.3 Å². The molecule has 2 N–H and O–H groups in total. The summed E-state index contributed by atoms with van der Waals surface area (Å²) in [6.45, 7) is 8.89. The Morgan fingerprint density at radius 1 is 1.28 bits per heavy atom. The molecule has 1 aliphatic heterocycles. The number of ether oxygens (including phenoxy) is 2. The molecule has 7 nitrogen and oxygen atoms in total. The lowest BCUT2D eigenvalue weighted by Gasteiger charge is -2.39. The number of carbonyl (C=O) groups is 2. The molecule has 2 amide bonds. The first-order valence-corrected chi connectivity index (χ1v) is 8.48. The Kier molecular flexibility index (Phi) is 5.77. The molecule has 1 aliphatic rings. The van der Waals surface area contributed by atoms with E-state index in [2.05, 4.69) is 10.6 Å². The highest BCUT2D eigenvalue weighted by molar-refractivity contribution is 6.00. The van der Waals surface area contributed by atoms with Crippen molar-refractivity contribution in [2.24, 2.45) is 0 Å². The van der Waals surface area contributed by atoms with Crippen molar-refractivity contribution in [2.45, 2.75) is 39.4 Å². The van der Waals surface area contributed by atoms with Crippen molar-refractivity contribution >= 4 is 17.7 Å². The number of hydrogen-bond donors (Lipinski definition) is 2. The van der Waals surface area contributed by atoms with Gasteiger partial charge in [0.1, 0.15) is 17.5 Å². The van der Waals surface area contributed by atoms with Crippen molar-refractivity contribution < 1.29 is 19.1 Å². The smallest absolute Gasteiger partial charge is 0.410 e. The summed E-state index contributed by atoms with van der Waals surface area (Å²) in [5, 5.41) is 5.79. The monoisotopic (exact) mass is 349 g/mol. The minimum atomic E-state index is -0.506. The fourth-order valence-corrected chi connectivity index (χ4v) is 2.44. The fourth-order valence-electron chi connectivity index (χ4n) is 2.44. The molecule has 0 atom stereocenters. The minimum Gasteiger partial charge on any atom is -0.487 e. The molecule has 1 heterocycles. The van der Waals surface area contributed by atoms with Crippen LogP contribution in [0, 0.1) is 0 Å². The third-order valence-corrected chi connectivity index (χ3v) is 3.64. The highest BCUT2D eigenvalue weighted by atomic mass is 16.6. The first-order valence-electron chi connectivity index (χ1n) is 8.48. The van der Waals surface area contributed by atoms with E-state index >= 15 is 0 Å². The van der Waals surface area contributed by atoms with Gasteiger partial charge in [-0.05, 0) is 45.9 Å². The van der Waals surface area contributed by atoms with Crippen LogP contribution in [0.5, 0.6) is 5.75 Å². The molecule has 0 bridgehead atoms. The predicted molar refractivity (Wildman–Crippen MR) is 96.2 cm³/mol. The van der Waals surface area contributed by atoms with Crippen LogP contribution in [0.4, 0.5) is 10.5 Å². The van der Waals surface area contributed by atoms with Gasteiger partial charge in [0.15, 0.2) is 0 Å². The van der Waals surface area contributed by atoms with Crippen molar-refractivity contribution in [1.82, 2.24) is 10.2 Å². The van der Waals surface area contributed by atoms with Crippen LogP contribution >= 0.6 is 0 Å². The highest BCUT2D eigenvalue weighted by Crippen LogP contribution is 2.25. The van der Waals surface area contributed by atoms with E-state index in [9.17, 15) is 9.59 Å². The molecular weight excluding hydrogens is 322 g/mol. The highest BCUT2D eigenvalue weighted by Gasteiger charge is 2.35. The number of benzene rings is 1. The van der Waals surface area contributed by atoms with Crippen molar-refractivity contribution in [3.8, 4) is 5.75 Å². The summed E-state index contributed by atoms with van der Waals surface area (Å²) in [5.41, 5.74) is 0.764. The zero-order valence-electron chi connectivity index (χ0n) is 15.5. The second-order valence-electron chi connectivity index (χ2n) is 6.94. The number of nitrogens with zero attached hydrogens (tertiary/aromatic N) is 1. The van der Waals surface area contributed by atoms with Gasteiger partial charge >= 0.3 is 6.09 Å². The minimum absolute atomic E-state index is 0.102. The third-order valence-electron chi connectivity index (χ3n) is 3.64. The van der Waals surface area contributed by atoms with Crippen LogP contribution in [0.1, 0.15) is 38.1 Å². The fraction of sp³-hybridized carbons (Fsp3) is 0.556. The van der Waals surface area contributed by atoms with E-state index in [-0.39, 0.29) is 18.1 Å². The van der Waals surface area contributed by atoms with E-state index in [1.165, 1.54) is 0 Å². The van der Waals surface area contributed by atoms with Crippen LogP contribution in [0.2, 0.25) is 0 Å². The maximum Gasteiger partial charge on any atom is 0.410 e. The Bertz CT molecular complexity index is 634. The van der Waals surface area contributed by atoms with Gasteiger partial charge in [-0.3, -0.25) is 4.79 Å². The second kappa shape index (κ2) is 7.63. The summed E-state index contributed by atoms with van der Waals surface area (Å²) in [6, 6.07) is 5.34. The lowest BCUT2D eigenvalue weighted by atomic mass is 10.1. The molecular formula is C18H27N3O4. The first kappa shape index (κ1) is 18.9. The average molecular weight is 349 g/mol. The van der Waals surface area contributed by atoms with Crippen LogP contribution in [-0.4, -0.2) is 55.3 Å². The van der Waals surface area contributed by atoms with Crippen LogP contribution in [0.15, 0.2) is 18.2 Å². The Labute approximate surface area is 148 Å². The summed E-state index contributed by atoms with van der Waals surface area (Å²) in [7, 11) is 1.77. The quantitative estimate of drug-likeness (QED) is 0.854. The normalized spacial score (nSPS) is 14.5. The molecule has 138 valence electrons. The van der Waals surface area contributed by atoms with E-state index in [1.807, 2.05) is 39.8 Å². The third kappa shape index (κ3) is 5.01. The van der Waals surface area contributed by atoms with Crippen LogP contribution in [0.25, 0.3) is 0 Å². The number of hydrogen-bond acceptors (Lipinski definition) is 5. The van der Waals surface area contributed by atoms with Crippen LogP contribution in [0.3, 0.4) is 0 Å². The number of carbonyl (C=O) groups excluding carboxylic acids is 2. The molecule has 2 rings (SSSR count). The average Bonchev–Trinajstić information content (AvgIpc) is 2.48.